The van der Waals surface area contributed by atoms with Crippen LogP contribution in [0.1, 0.15) is 17.9 Å². The molecule has 0 spiro atoms. The van der Waals surface area contributed by atoms with Crippen molar-refractivity contribution in [2.75, 3.05) is 12.0 Å². The van der Waals surface area contributed by atoms with Gasteiger partial charge in [-0.05, 0) is 23.8 Å². The molecule has 2 aromatic heterocycles. The Morgan fingerprint density at radius 2 is 1.79 bits per heavy atom. The maximum atomic E-state index is 13.4. The van der Waals surface area contributed by atoms with Crippen molar-refractivity contribution in [3.8, 4) is 17.1 Å². The van der Waals surface area contributed by atoms with E-state index in [2.05, 4.69) is 4.98 Å². The van der Waals surface area contributed by atoms with E-state index in [0.29, 0.717) is 29.7 Å². The highest BCUT2D eigenvalue weighted by Gasteiger charge is 2.21. The fraction of sp³-hybridized carbons (Fsp3) is 0.148. The summed E-state index contributed by atoms with van der Waals surface area (Å²) in [6, 6.07) is 25.5. The minimum Gasteiger partial charge on any atom is -0.497 e. The van der Waals surface area contributed by atoms with Crippen molar-refractivity contribution in [1.29, 1.82) is 0 Å². The lowest BCUT2D eigenvalue weighted by Crippen LogP contribution is -2.30. The van der Waals surface area contributed by atoms with Crippen molar-refractivity contribution in [2.24, 2.45) is 0 Å². The first-order chi connectivity index (χ1) is 16.7. The molecule has 0 saturated heterocycles. The number of anilines is 1. The summed E-state index contributed by atoms with van der Waals surface area (Å²) in [5.74, 6) is 1.97. The van der Waals surface area contributed by atoms with Gasteiger partial charge in [-0.25, -0.2) is 9.97 Å². The second-order valence-electron chi connectivity index (χ2n) is 7.78. The van der Waals surface area contributed by atoms with Gasteiger partial charge in [-0.3, -0.25) is 9.69 Å². The maximum Gasteiger partial charge on any atom is 0.229 e. The number of fused-ring (bicyclic) bond motifs is 1. The molecule has 0 atom stereocenters. The van der Waals surface area contributed by atoms with E-state index in [1.807, 2.05) is 78.9 Å². The Morgan fingerprint density at radius 1 is 1.03 bits per heavy atom. The molecule has 170 valence electrons. The molecular formula is C27H23N3O3S. The van der Waals surface area contributed by atoms with E-state index in [1.165, 1.54) is 11.3 Å². The van der Waals surface area contributed by atoms with Gasteiger partial charge in [0.2, 0.25) is 5.91 Å². The van der Waals surface area contributed by atoms with E-state index in [1.54, 1.807) is 18.2 Å². The molecule has 5 aromatic rings. The molecule has 1 amide bonds. The zero-order valence-corrected chi connectivity index (χ0v) is 19.5. The molecule has 3 aromatic carbocycles. The number of benzene rings is 3. The monoisotopic (exact) mass is 469 g/mol. The molecule has 0 unspecified atom stereocenters. The van der Waals surface area contributed by atoms with Crippen LogP contribution in [0.4, 0.5) is 5.13 Å². The van der Waals surface area contributed by atoms with E-state index >= 15 is 0 Å². The first-order valence-corrected chi connectivity index (χ1v) is 11.8. The summed E-state index contributed by atoms with van der Waals surface area (Å²) in [4.78, 5) is 24.2. The van der Waals surface area contributed by atoms with Crippen molar-refractivity contribution in [3.63, 3.8) is 0 Å². The Bertz CT molecular complexity index is 1400. The molecule has 0 fully saturated rings. The molecule has 0 aliphatic heterocycles. The van der Waals surface area contributed by atoms with Crippen LogP contribution in [-0.2, 0) is 17.8 Å². The maximum absolute atomic E-state index is 13.4. The lowest BCUT2D eigenvalue weighted by Gasteiger charge is -2.19. The summed E-state index contributed by atoms with van der Waals surface area (Å²) in [6.07, 6.45) is 2.38. The molecule has 0 N–H and O–H groups in total. The number of oxazole rings is 1. The number of nitrogens with zero attached hydrogens (tertiary/aromatic N) is 3. The summed E-state index contributed by atoms with van der Waals surface area (Å²) < 4.78 is 12.2. The van der Waals surface area contributed by atoms with E-state index < -0.39 is 0 Å². The van der Waals surface area contributed by atoms with Crippen LogP contribution < -0.4 is 9.64 Å². The van der Waals surface area contributed by atoms with Crippen LogP contribution in [0.25, 0.3) is 21.5 Å². The number of thiazole rings is 1. The largest absolute Gasteiger partial charge is 0.497 e. The van der Waals surface area contributed by atoms with Crippen LogP contribution in [0.3, 0.4) is 0 Å². The fourth-order valence-electron chi connectivity index (χ4n) is 3.67. The quantitative estimate of drug-likeness (QED) is 0.274. The van der Waals surface area contributed by atoms with Gasteiger partial charge in [-0.2, -0.15) is 0 Å². The van der Waals surface area contributed by atoms with Gasteiger partial charge in [0.05, 0.1) is 30.1 Å². The minimum absolute atomic E-state index is 0.0330. The minimum atomic E-state index is -0.0330. The molecule has 0 aliphatic rings. The fourth-order valence-corrected chi connectivity index (χ4v) is 4.68. The Balaban J connectivity index is 1.37. The highest BCUT2D eigenvalue weighted by atomic mass is 32.1. The van der Waals surface area contributed by atoms with Gasteiger partial charge in [0.25, 0.3) is 0 Å². The summed E-state index contributed by atoms with van der Waals surface area (Å²) in [5.41, 5.74) is 2.84. The number of hydrogen-bond acceptors (Lipinski definition) is 6. The van der Waals surface area contributed by atoms with Crippen molar-refractivity contribution in [2.45, 2.75) is 19.4 Å². The number of hydrogen-bond donors (Lipinski definition) is 0. The number of ether oxygens (including phenoxy) is 1. The number of aromatic nitrogens is 2. The van der Waals surface area contributed by atoms with Gasteiger partial charge < -0.3 is 9.15 Å². The Hall–Kier alpha value is -3.97. The van der Waals surface area contributed by atoms with E-state index in [4.69, 9.17) is 14.1 Å². The Labute approximate surface area is 201 Å². The lowest BCUT2D eigenvalue weighted by molar-refractivity contribution is -0.118. The highest BCUT2D eigenvalue weighted by molar-refractivity contribution is 7.22. The second-order valence-corrected chi connectivity index (χ2v) is 8.79. The second kappa shape index (κ2) is 9.89. The third-order valence-corrected chi connectivity index (χ3v) is 6.51. The van der Waals surface area contributed by atoms with E-state index in [0.717, 1.165) is 27.1 Å². The molecule has 0 bridgehead atoms. The van der Waals surface area contributed by atoms with Gasteiger partial charge in [0.1, 0.15) is 5.75 Å². The molecule has 0 aliphatic carbocycles. The molecule has 5 rings (SSSR count). The first-order valence-electron chi connectivity index (χ1n) is 11.0. The molecule has 7 heteroatoms. The van der Waals surface area contributed by atoms with Crippen molar-refractivity contribution >= 4 is 32.6 Å². The predicted molar refractivity (Wildman–Crippen MR) is 134 cm³/mol. The molecule has 0 radical (unpaired) electrons. The number of aryl methyl sites for hydroxylation is 1. The van der Waals surface area contributed by atoms with Crippen LogP contribution in [0.15, 0.2) is 89.5 Å². The average Bonchev–Trinajstić information content (AvgIpc) is 3.53. The first kappa shape index (κ1) is 21.9. The van der Waals surface area contributed by atoms with Crippen LogP contribution in [0, 0.1) is 0 Å². The highest BCUT2D eigenvalue weighted by Crippen LogP contribution is 2.32. The zero-order chi connectivity index (χ0) is 23.3. The van der Waals surface area contributed by atoms with E-state index in [-0.39, 0.29) is 12.3 Å². The number of carbonyl (C=O) groups excluding carboxylic acids is 1. The van der Waals surface area contributed by atoms with Crippen LogP contribution in [0.5, 0.6) is 5.75 Å². The van der Waals surface area contributed by atoms with Crippen LogP contribution in [0.2, 0.25) is 0 Å². The van der Waals surface area contributed by atoms with Crippen molar-refractivity contribution < 1.29 is 13.9 Å². The third-order valence-electron chi connectivity index (χ3n) is 5.46. The Kier molecular flexibility index (Phi) is 6.35. The smallest absolute Gasteiger partial charge is 0.229 e. The van der Waals surface area contributed by atoms with Gasteiger partial charge in [-0.15, -0.1) is 0 Å². The number of methoxy groups -OCH3 is 1. The summed E-state index contributed by atoms with van der Waals surface area (Å²) in [6.45, 7) is 0.442. The number of carbonyl (C=O) groups is 1. The van der Waals surface area contributed by atoms with Gasteiger partial charge in [0, 0.05) is 18.4 Å². The molecule has 34 heavy (non-hydrogen) atoms. The van der Waals surface area contributed by atoms with E-state index in [9.17, 15) is 4.79 Å². The molecule has 0 saturated carbocycles. The number of amides is 1. The standard InChI is InChI=1S/C27H23N3O3S/c1-32-21-12-13-22-24(16-21)34-27(29-22)30(18-19-8-4-2-5-9-19)26(31)15-14-25-28-17-23(33-25)20-10-6-3-7-11-20/h2-13,16-17H,14-15,18H2,1H3. The van der Waals surface area contributed by atoms with Gasteiger partial charge in [-0.1, -0.05) is 72.0 Å². The van der Waals surface area contributed by atoms with Crippen LogP contribution in [-0.4, -0.2) is 23.0 Å². The normalized spacial score (nSPS) is 11.0. The van der Waals surface area contributed by atoms with Crippen molar-refractivity contribution in [1.82, 2.24) is 9.97 Å². The predicted octanol–water partition coefficient (Wildman–Crippen LogP) is 6.13. The van der Waals surface area contributed by atoms with Gasteiger partial charge in [0.15, 0.2) is 16.8 Å². The Morgan fingerprint density at radius 3 is 2.56 bits per heavy atom. The van der Waals surface area contributed by atoms with Gasteiger partial charge >= 0.3 is 0 Å². The molecule has 6 nitrogen and oxygen atoms in total. The topological polar surface area (TPSA) is 68.5 Å². The third kappa shape index (κ3) is 4.84. The summed E-state index contributed by atoms with van der Waals surface area (Å²) >= 11 is 1.48. The SMILES string of the molecule is COc1ccc2nc(N(Cc3ccccc3)C(=O)CCc3ncc(-c4ccccc4)o3)sc2c1. The number of rotatable bonds is 8. The summed E-state index contributed by atoms with van der Waals surface area (Å²) in [5, 5.41) is 0.662. The molecular weight excluding hydrogens is 446 g/mol. The lowest BCUT2D eigenvalue weighted by atomic mass is 10.2. The summed E-state index contributed by atoms with van der Waals surface area (Å²) in [7, 11) is 1.64. The van der Waals surface area contributed by atoms with Crippen LogP contribution >= 0.6 is 11.3 Å². The average molecular weight is 470 g/mol. The molecule has 2 heterocycles. The van der Waals surface area contributed by atoms with Crippen molar-refractivity contribution in [3.05, 3.63) is 96.5 Å². The zero-order valence-electron chi connectivity index (χ0n) is 18.7.